The van der Waals surface area contributed by atoms with Gasteiger partial charge < -0.3 is 19.7 Å². The summed E-state index contributed by atoms with van der Waals surface area (Å²) in [5.74, 6) is -1.47. The summed E-state index contributed by atoms with van der Waals surface area (Å²) in [6, 6.07) is 5.58. The molecule has 2 saturated heterocycles. The third-order valence-corrected chi connectivity index (χ3v) is 7.87. The maximum Gasteiger partial charge on any atom is 0.309 e. The Labute approximate surface area is 208 Å². The number of esters is 1. The molecule has 7 heteroatoms. The lowest BCUT2D eigenvalue weighted by molar-refractivity contribution is -0.154. The fourth-order valence-corrected chi connectivity index (χ4v) is 5.06. The third-order valence-electron chi connectivity index (χ3n) is 7.87. The highest BCUT2D eigenvalue weighted by Crippen LogP contribution is 2.44. The van der Waals surface area contributed by atoms with E-state index in [1.165, 1.54) is 0 Å². The van der Waals surface area contributed by atoms with Crippen molar-refractivity contribution in [3.63, 3.8) is 0 Å². The van der Waals surface area contributed by atoms with Crippen LogP contribution < -0.4 is 0 Å². The molecule has 7 atom stereocenters. The van der Waals surface area contributed by atoms with E-state index in [2.05, 4.69) is 11.9 Å². The molecule has 0 amide bonds. The molecule has 3 unspecified atom stereocenters. The number of cyclic esters (lactones) is 1. The van der Waals surface area contributed by atoms with E-state index >= 15 is 0 Å². The number of rotatable bonds is 3. The number of aliphatic hydroxyl groups excluding tert-OH is 2. The van der Waals surface area contributed by atoms with Gasteiger partial charge in [-0.15, -0.1) is 0 Å². The molecule has 0 saturated carbocycles. The molecule has 0 aliphatic carbocycles. The van der Waals surface area contributed by atoms with Crippen LogP contribution in [0.4, 0.5) is 0 Å². The number of aliphatic hydroxyl groups is 2. The fraction of sp³-hybridized carbons (Fsp3) is 0.679. The Morgan fingerprint density at radius 1 is 1.20 bits per heavy atom. The summed E-state index contributed by atoms with van der Waals surface area (Å²) in [6.07, 6.45) is 5.82. The monoisotopic (exact) mass is 487 g/mol. The second kappa shape index (κ2) is 11.3. The van der Waals surface area contributed by atoms with Gasteiger partial charge in [-0.25, -0.2) is 0 Å². The standard InChI is InChI=1S/C28H41NO6/c1-6-21-25(32)18(2)10-9-14-28(5)23(35-28)16-20(13-12-19-11-7-8-15-29-19)34-24(31)17-22(30)27(3,4)26(21)33/h7-8,11-13,15,18,20-23,25,30,32H,6,9-10,14,16-17H2,1-5H3/t18-,20?,21+,22?,23?,25-,28+/m0/s1. The first-order chi connectivity index (χ1) is 16.5. The number of epoxide rings is 1. The minimum atomic E-state index is -1.23. The van der Waals surface area contributed by atoms with Crippen LogP contribution in [0.3, 0.4) is 0 Å². The van der Waals surface area contributed by atoms with E-state index in [-0.39, 0.29) is 29.8 Å². The van der Waals surface area contributed by atoms with E-state index in [9.17, 15) is 19.8 Å². The van der Waals surface area contributed by atoms with E-state index in [1.807, 2.05) is 38.1 Å². The van der Waals surface area contributed by atoms with Crippen LogP contribution in [0.5, 0.6) is 0 Å². The summed E-state index contributed by atoms with van der Waals surface area (Å²) in [6.45, 7) is 9.18. The van der Waals surface area contributed by atoms with Crippen LogP contribution in [-0.2, 0) is 19.1 Å². The van der Waals surface area contributed by atoms with Crippen molar-refractivity contribution in [1.82, 2.24) is 4.98 Å². The van der Waals surface area contributed by atoms with Crippen LogP contribution in [0.25, 0.3) is 6.08 Å². The van der Waals surface area contributed by atoms with E-state index in [4.69, 9.17) is 9.47 Å². The molecule has 3 rings (SSSR count). The molecule has 2 fully saturated rings. The van der Waals surface area contributed by atoms with Gasteiger partial charge in [-0.1, -0.05) is 40.2 Å². The largest absolute Gasteiger partial charge is 0.458 e. The van der Waals surface area contributed by atoms with Crippen LogP contribution in [0, 0.1) is 17.3 Å². The van der Waals surface area contributed by atoms with Gasteiger partial charge in [-0.05, 0) is 56.4 Å². The van der Waals surface area contributed by atoms with Crippen molar-refractivity contribution in [3.05, 3.63) is 36.2 Å². The molecule has 2 aliphatic heterocycles. The molecule has 0 bridgehead atoms. The number of Topliss-reactive ketones (excluding diaryl/α,β-unsaturated/α-hetero) is 1. The van der Waals surface area contributed by atoms with Gasteiger partial charge in [0.25, 0.3) is 0 Å². The van der Waals surface area contributed by atoms with Crippen LogP contribution in [0.15, 0.2) is 30.5 Å². The highest BCUT2D eigenvalue weighted by molar-refractivity contribution is 5.88. The van der Waals surface area contributed by atoms with Crippen LogP contribution >= 0.6 is 0 Å². The van der Waals surface area contributed by atoms with E-state index in [0.717, 1.165) is 25.0 Å². The molecule has 0 radical (unpaired) electrons. The normalized spacial score (nSPS) is 37.0. The molecule has 1 aromatic heterocycles. The maximum absolute atomic E-state index is 13.4. The van der Waals surface area contributed by atoms with Gasteiger partial charge in [0.05, 0.1) is 41.4 Å². The zero-order chi connectivity index (χ0) is 25.8. The number of carbonyl (C=O) groups is 2. The number of pyridine rings is 1. The van der Waals surface area contributed by atoms with Gasteiger partial charge in [-0.3, -0.25) is 14.6 Å². The molecule has 0 aromatic carbocycles. The zero-order valence-corrected chi connectivity index (χ0v) is 21.6. The molecule has 194 valence electrons. The fourth-order valence-electron chi connectivity index (χ4n) is 5.06. The molecule has 1 aromatic rings. The summed E-state index contributed by atoms with van der Waals surface area (Å²) in [4.78, 5) is 30.5. The van der Waals surface area contributed by atoms with Crippen molar-refractivity contribution in [2.45, 2.75) is 103 Å². The SMILES string of the molecule is CC[C@H]1C(=O)C(C)(C)C(O)CC(=O)OC(C=Cc2ccccn2)CC2O[C@]2(C)CCC[C@H](C)[C@@H]1O. The van der Waals surface area contributed by atoms with Gasteiger partial charge in [0.2, 0.25) is 0 Å². The number of carbonyl (C=O) groups excluding carboxylic acids is 2. The number of hydrogen-bond donors (Lipinski definition) is 2. The molecule has 2 N–H and O–H groups in total. The highest BCUT2D eigenvalue weighted by Gasteiger charge is 2.52. The number of ketones is 1. The number of ether oxygens (including phenoxy) is 2. The highest BCUT2D eigenvalue weighted by atomic mass is 16.6. The summed E-state index contributed by atoms with van der Waals surface area (Å²) in [5, 5.41) is 21.9. The minimum absolute atomic E-state index is 0.0480. The third kappa shape index (κ3) is 6.78. The minimum Gasteiger partial charge on any atom is -0.458 e. The molecule has 3 heterocycles. The van der Waals surface area contributed by atoms with Gasteiger partial charge >= 0.3 is 5.97 Å². The Morgan fingerprint density at radius 2 is 1.94 bits per heavy atom. The lowest BCUT2D eigenvalue weighted by Gasteiger charge is -2.35. The molecule has 35 heavy (non-hydrogen) atoms. The molecule has 0 spiro atoms. The molecular weight excluding hydrogens is 446 g/mol. The summed E-state index contributed by atoms with van der Waals surface area (Å²) < 4.78 is 11.8. The van der Waals surface area contributed by atoms with E-state index in [0.29, 0.717) is 12.8 Å². The van der Waals surface area contributed by atoms with Gasteiger partial charge in [0.15, 0.2) is 0 Å². The van der Waals surface area contributed by atoms with Crippen molar-refractivity contribution in [3.8, 4) is 0 Å². The molecular formula is C28H41NO6. The second-order valence-corrected chi connectivity index (χ2v) is 11.0. The average molecular weight is 488 g/mol. The number of hydrogen-bond acceptors (Lipinski definition) is 7. The van der Waals surface area contributed by atoms with Gasteiger partial charge in [0, 0.05) is 18.5 Å². The van der Waals surface area contributed by atoms with Gasteiger partial charge in [-0.2, -0.15) is 0 Å². The van der Waals surface area contributed by atoms with E-state index < -0.39 is 35.6 Å². The number of aromatic nitrogens is 1. The quantitative estimate of drug-likeness (QED) is 0.488. The summed E-state index contributed by atoms with van der Waals surface area (Å²) in [7, 11) is 0. The number of nitrogens with zero attached hydrogens (tertiary/aromatic N) is 1. The Kier molecular flexibility index (Phi) is 8.89. The lowest BCUT2D eigenvalue weighted by Crippen LogP contribution is -2.46. The molecule has 2 aliphatic rings. The number of fused-ring (bicyclic) bond motifs is 1. The van der Waals surface area contributed by atoms with E-state index in [1.54, 1.807) is 26.1 Å². The second-order valence-electron chi connectivity index (χ2n) is 11.0. The maximum atomic E-state index is 13.4. The Bertz CT molecular complexity index is 900. The van der Waals surface area contributed by atoms with Crippen molar-refractivity contribution in [2.75, 3.05) is 0 Å². The first-order valence-corrected chi connectivity index (χ1v) is 12.8. The lowest BCUT2D eigenvalue weighted by atomic mass is 9.71. The first kappa shape index (κ1) is 27.5. The Balaban J connectivity index is 1.83. The van der Waals surface area contributed by atoms with Crippen molar-refractivity contribution < 1.29 is 29.3 Å². The summed E-state index contributed by atoms with van der Waals surface area (Å²) in [5.41, 5.74) is -0.748. The predicted molar refractivity (Wildman–Crippen MR) is 133 cm³/mol. The Hall–Kier alpha value is -2.09. The van der Waals surface area contributed by atoms with Crippen molar-refractivity contribution >= 4 is 17.8 Å². The zero-order valence-electron chi connectivity index (χ0n) is 21.6. The van der Waals surface area contributed by atoms with Crippen LogP contribution in [0.1, 0.15) is 78.8 Å². The summed E-state index contributed by atoms with van der Waals surface area (Å²) >= 11 is 0. The van der Waals surface area contributed by atoms with Crippen LogP contribution in [-0.4, -0.2) is 57.0 Å². The predicted octanol–water partition coefficient (Wildman–Crippen LogP) is 4.11. The first-order valence-electron chi connectivity index (χ1n) is 12.8. The topological polar surface area (TPSA) is 109 Å². The van der Waals surface area contributed by atoms with Crippen molar-refractivity contribution in [1.29, 1.82) is 0 Å². The van der Waals surface area contributed by atoms with Crippen LogP contribution in [0.2, 0.25) is 0 Å². The Morgan fingerprint density at radius 3 is 2.60 bits per heavy atom. The molecule has 7 nitrogen and oxygen atoms in total. The average Bonchev–Trinajstić information content (AvgIpc) is 3.45. The van der Waals surface area contributed by atoms with Gasteiger partial charge in [0.1, 0.15) is 11.9 Å². The smallest absolute Gasteiger partial charge is 0.309 e. The van der Waals surface area contributed by atoms with Crippen molar-refractivity contribution in [2.24, 2.45) is 17.3 Å².